The van der Waals surface area contributed by atoms with Crippen LogP contribution in [0, 0.1) is 0 Å². The number of benzene rings is 2. The standard InChI is InChI=1S/C22H25N3OS/c1-4-25(5-2)18-13-11-17(12-14-18)21-19(15(3)26)20(23-22(27)24-21)16-9-7-6-8-10-16/h6-14,21H,4-5H2,1-3H3,(H2,23,24,27). The molecule has 1 unspecified atom stereocenters. The average molecular weight is 380 g/mol. The molecule has 0 saturated heterocycles. The molecular weight excluding hydrogens is 354 g/mol. The van der Waals surface area contributed by atoms with Crippen molar-refractivity contribution >= 4 is 34.5 Å². The largest absolute Gasteiger partial charge is 0.372 e. The Morgan fingerprint density at radius 2 is 1.67 bits per heavy atom. The molecular formula is C22H25N3OS. The molecule has 3 rings (SSSR count). The number of rotatable bonds is 6. The number of anilines is 1. The van der Waals surface area contributed by atoms with Crippen LogP contribution in [0.4, 0.5) is 5.69 Å². The summed E-state index contributed by atoms with van der Waals surface area (Å²) in [5.41, 5.74) is 4.64. The summed E-state index contributed by atoms with van der Waals surface area (Å²) in [6.45, 7) is 7.82. The fraction of sp³-hybridized carbons (Fsp3) is 0.273. The Labute approximate surface area is 166 Å². The molecule has 0 spiro atoms. The molecule has 0 bridgehead atoms. The normalized spacial score (nSPS) is 16.6. The van der Waals surface area contributed by atoms with Crippen molar-refractivity contribution < 1.29 is 4.79 Å². The molecule has 0 aromatic heterocycles. The number of carbonyl (C=O) groups excluding carboxylic acids is 1. The zero-order chi connectivity index (χ0) is 19.4. The van der Waals surface area contributed by atoms with E-state index in [-0.39, 0.29) is 11.8 Å². The Balaban J connectivity index is 2.05. The summed E-state index contributed by atoms with van der Waals surface area (Å²) in [4.78, 5) is 14.8. The van der Waals surface area contributed by atoms with Crippen molar-refractivity contribution in [2.24, 2.45) is 0 Å². The van der Waals surface area contributed by atoms with E-state index >= 15 is 0 Å². The zero-order valence-corrected chi connectivity index (χ0v) is 16.8. The van der Waals surface area contributed by atoms with Gasteiger partial charge in [-0.3, -0.25) is 4.79 Å². The van der Waals surface area contributed by atoms with E-state index in [0.29, 0.717) is 10.7 Å². The number of Topliss-reactive ketones (excluding diaryl/α,β-unsaturated/α-hetero) is 1. The number of carbonyl (C=O) groups is 1. The van der Waals surface area contributed by atoms with Gasteiger partial charge < -0.3 is 15.5 Å². The lowest BCUT2D eigenvalue weighted by Crippen LogP contribution is -2.44. The predicted octanol–water partition coefficient (Wildman–Crippen LogP) is 4.05. The fourth-order valence-electron chi connectivity index (χ4n) is 3.49. The molecule has 27 heavy (non-hydrogen) atoms. The van der Waals surface area contributed by atoms with Crippen LogP contribution in [0.5, 0.6) is 0 Å². The molecule has 5 heteroatoms. The highest BCUT2D eigenvalue weighted by Gasteiger charge is 2.30. The van der Waals surface area contributed by atoms with Gasteiger partial charge in [0.15, 0.2) is 10.9 Å². The van der Waals surface area contributed by atoms with Gasteiger partial charge in [0, 0.05) is 24.4 Å². The first-order valence-electron chi connectivity index (χ1n) is 9.28. The quantitative estimate of drug-likeness (QED) is 0.742. The second kappa shape index (κ2) is 8.35. The Hall–Kier alpha value is -2.66. The van der Waals surface area contributed by atoms with Crippen molar-refractivity contribution in [2.45, 2.75) is 26.8 Å². The summed E-state index contributed by atoms with van der Waals surface area (Å²) in [6, 6.07) is 17.9. The molecule has 0 saturated carbocycles. The summed E-state index contributed by atoms with van der Waals surface area (Å²) in [5, 5.41) is 6.98. The van der Waals surface area contributed by atoms with Crippen LogP contribution in [0.1, 0.15) is 37.9 Å². The maximum atomic E-state index is 12.6. The molecule has 2 N–H and O–H groups in total. The molecule has 4 nitrogen and oxygen atoms in total. The molecule has 0 radical (unpaired) electrons. The minimum absolute atomic E-state index is 0.0224. The molecule has 2 aromatic carbocycles. The molecule has 1 aliphatic rings. The second-order valence-corrected chi connectivity index (χ2v) is 6.91. The molecule has 0 fully saturated rings. The average Bonchev–Trinajstić information content (AvgIpc) is 2.69. The van der Waals surface area contributed by atoms with E-state index in [4.69, 9.17) is 12.2 Å². The van der Waals surface area contributed by atoms with Gasteiger partial charge in [-0.25, -0.2) is 0 Å². The molecule has 1 heterocycles. The van der Waals surface area contributed by atoms with Crippen molar-refractivity contribution in [2.75, 3.05) is 18.0 Å². The Morgan fingerprint density at radius 1 is 1.04 bits per heavy atom. The summed E-state index contributed by atoms with van der Waals surface area (Å²) >= 11 is 5.43. The predicted molar refractivity (Wildman–Crippen MR) is 116 cm³/mol. The summed E-state index contributed by atoms with van der Waals surface area (Å²) < 4.78 is 0. The van der Waals surface area contributed by atoms with E-state index in [1.807, 2.05) is 30.3 Å². The number of hydrogen-bond donors (Lipinski definition) is 2. The summed E-state index contributed by atoms with van der Waals surface area (Å²) in [6.07, 6.45) is 0. The van der Waals surface area contributed by atoms with Gasteiger partial charge in [0.05, 0.1) is 11.7 Å². The van der Waals surface area contributed by atoms with Crippen LogP contribution in [0.25, 0.3) is 5.70 Å². The summed E-state index contributed by atoms with van der Waals surface area (Å²) in [7, 11) is 0. The molecule has 2 aromatic rings. The van der Waals surface area contributed by atoms with Crippen molar-refractivity contribution in [3.8, 4) is 0 Å². The number of thiocarbonyl (C=S) groups is 1. The van der Waals surface area contributed by atoms with Gasteiger partial charge in [0.2, 0.25) is 0 Å². The van der Waals surface area contributed by atoms with Crippen LogP contribution in [0.3, 0.4) is 0 Å². The van der Waals surface area contributed by atoms with Crippen molar-refractivity contribution in [1.29, 1.82) is 0 Å². The molecule has 140 valence electrons. The van der Waals surface area contributed by atoms with Crippen molar-refractivity contribution in [3.05, 3.63) is 71.3 Å². The van der Waals surface area contributed by atoms with Gasteiger partial charge in [-0.15, -0.1) is 0 Å². The molecule has 1 atom stereocenters. The first-order valence-corrected chi connectivity index (χ1v) is 9.68. The number of ketones is 1. The van der Waals surface area contributed by atoms with Gasteiger partial charge in [-0.2, -0.15) is 0 Å². The number of nitrogens with one attached hydrogen (secondary N) is 2. The molecule has 0 amide bonds. The van der Waals surface area contributed by atoms with Crippen molar-refractivity contribution in [1.82, 2.24) is 10.6 Å². The SMILES string of the molecule is CCN(CC)c1ccc(C2NC(=S)NC(c3ccccc3)=C2C(C)=O)cc1. The van der Waals surface area contributed by atoms with Crippen LogP contribution in [0.15, 0.2) is 60.2 Å². The molecule has 0 aliphatic carbocycles. The lowest BCUT2D eigenvalue weighted by Gasteiger charge is -2.31. The van der Waals surface area contributed by atoms with Crippen molar-refractivity contribution in [3.63, 3.8) is 0 Å². The number of hydrogen-bond acceptors (Lipinski definition) is 3. The minimum Gasteiger partial charge on any atom is -0.372 e. The van der Waals surface area contributed by atoms with Crippen LogP contribution < -0.4 is 15.5 Å². The third-order valence-electron chi connectivity index (χ3n) is 4.87. The minimum atomic E-state index is -0.266. The Kier molecular flexibility index (Phi) is 5.91. The van der Waals surface area contributed by atoms with E-state index in [1.54, 1.807) is 6.92 Å². The number of nitrogens with zero attached hydrogens (tertiary/aromatic N) is 1. The highest BCUT2D eigenvalue weighted by atomic mass is 32.1. The Bertz CT molecular complexity index is 855. The van der Waals surface area contributed by atoms with Crippen LogP contribution in [-0.2, 0) is 4.79 Å². The molecule has 1 aliphatic heterocycles. The van der Waals surface area contributed by atoms with Gasteiger partial charge in [0.25, 0.3) is 0 Å². The summed E-state index contributed by atoms with van der Waals surface area (Å²) in [5.74, 6) is 0.0224. The lowest BCUT2D eigenvalue weighted by molar-refractivity contribution is -0.113. The zero-order valence-electron chi connectivity index (χ0n) is 16.0. The maximum absolute atomic E-state index is 12.6. The van der Waals surface area contributed by atoms with E-state index in [2.05, 4.69) is 53.6 Å². The highest BCUT2D eigenvalue weighted by molar-refractivity contribution is 7.80. The van der Waals surface area contributed by atoms with Gasteiger partial charge in [-0.1, -0.05) is 42.5 Å². The Morgan fingerprint density at radius 3 is 2.22 bits per heavy atom. The van der Waals surface area contributed by atoms with Gasteiger partial charge >= 0.3 is 0 Å². The smallest absolute Gasteiger partial charge is 0.171 e. The topological polar surface area (TPSA) is 44.4 Å². The monoisotopic (exact) mass is 379 g/mol. The fourth-order valence-corrected chi connectivity index (χ4v) is 3.71. The van der Waals surface area contributed by atoms with Gasteiger partial charge in [-0.05, 0) is 56.2 Å². The first-order chi connectivity index (χ1) is 13.0. The van der Waals surface area contributed by atoms with E-state index < -0.39 is 0 Å². The van der Waals surface area contributed by atoms with E-state index in [9.17, 15) is 4.79 Å². The van der Waals surface area contributed by atoms with Crippen LogP contribution >= 0.6 is 12.2 Å². The van der Waals surface area contributed by atoms with E-state index in [0.717, 1.165) is 29.9 Å². The third-order valence-corrected chi connectivity index (χ3v) is 5.09. The third kappa shape index (κ3) is 4.03. The maximum Gasteiger partial charge on any atom is 0.171 e. The van der Waals surface area contributed by atoms with E-state index in [1.165, 1.54) is 5.69 Å². The second-order valence-electron chi connectivity index (χ2n) is 6.51. The van der Waals surface area contributed by atoms with Crippen LogP contribution in [-0.4, -0.2) is 24.0 Å². The lowest BCUT2D eigenvalue weighted by atomic mass is 9.90. The first kappa shape index (κ1) is 19.1. The van der Waals surface area contributed by atoms with Crippen LogP contribution in [0.2, 0.25) is 0 Å². The highest BCUT2D eigenvalue weighted by Crippen LogP contribution is 2.32. The van der Waals surface area contributed by atoms with Gasteiger partial charge in [0.1, 0.15) is 0 Å².